The molecule has 0 amide bonds. The van der Waals surface area contributed by atoms with Crippen molar-refractivity contribution >= 4 is 23.0 Å². The molecule has 0 aliphatic carbocycles. The summed E-state index contributed by atoms with van der Waals surface area (Å²) in [5.74, 6) is -0.237. The van der Waals surface area contributed by atoms with Crippen molar-refractivity contribution in [1.82, 2.24) is 5.32 Å². The van der Waals surface area contributed by atoms with E-state index in [1.54, 1.807) is 17.9 Å². The van der Waals surface area contributed by atoms with Crippen LogP contribution in [-0.2, 0) is 13.1 Å². The largest absolute Gasteiger partial charge is 0.358 e. The van der Waals surface area contributed by atoms with Crippen molar-refractivity contribution < 1.29 is 9.29 Å². The van der Waals surface area contributed by atoms with Gasteiger partial charge in [0.05, 0.1) is 13.1 Å². The van der Waals surface area contributed by atoms with Gasteiger partial charge in [0, 0.05) is 17.8 Å². The third-order valence-corrected chi connectivity index (χ3v) is 4.61. The van der Waals surface area contributed by atoms with Gasteiger partial charge in [-0.25, -0.2) is 4.39 Å². The minimum atomic E-state index is -0.237. The standard InChI is InChI=1S/C20H26FN3S/c1-4-24(5-2)14-17-9-7-16(8-10-17)13-22-20(25)23-18-11-6-15(3)19(21)12-18/h6-12H,4-5,13-14H2,1-3H3,(H2,22,23,25)/p+1. The van der Waals surface area contributed by atoms with Crippen molar-refractivity contribution in [2.24, 2.45) is 0 Å². The van der Waals surface area contributed by atoms with Gasteiger partial charge in [0.15, 0.2) is 5.11 Å². The fourth-order valence-corrected chi connectivity index (χ4v) is 2.78. The minimum absolute atomic E-state index is 0.237. The molecule has 5 heteroatoms. The molecule has 0 spiro atoms. The molecule has 2 aromatic rings. The molecule has 0 heterocycles. The molecular weight excluding hydrogens is 333 g/mol. The molecule has 0 saturated carbocycles. The SMILES string of the molecule is CC[NH+](CC)Cc1ccc(CNC(=S)Nc2ccc(C)c(F)c2)cc1. The lowest BCUT2D eigenvalue weighted by molar-refractivity contribution is -0.910. The minimum Gasteiger partial charge on any atom is -0.358 e. The van der Waals surface area contributed by atoms with Gasteiger partial charge >= 0.3 is 0 Å². The van der Waals surface area contributed by atoms with Crippen molar-refractivity contribution in [3.8, 4) is 0 Å². The second-order valence-electron chi connectivity index (χ2n) is 6.22. The van der Waals surface area contributed by atoms with E-state index in [0.717, 1.165) is 25.2 Å². The van der Waals surface area contributed by atoms with Crippen LogP contribution in [0.5, 0.6) is 0 Å². The van der Waals surface area contributed by atoms with Crippen LogP contribution in [0, 0.1) is 12.7 Å². The van der Waals surface area contributed by atoms with Gasteiger partial charge in [-0.1, -0.05) is 30.3 Å². The number of hydrogen-bond acceptors (Lipinski definition) is 1. The molecule has 0 aromatic heterocycles. The normalized spacial score (nSPS) is 10.8. The van der Waals surface area contributed by atoms with E-state index in [1.807, 2.05) is 6.07 Å². The fourth-order valence-electron chi connectivity index (χ4n) is 2.59. The van der Waals surface area contributed by atoms with Crippen LogP contribution >= 0.6 is 12.2 Å². The summed E-state index contributed by atoms with van der Waals surface area (Å²) >= 11 is 5.28. The van der Waals surface area contributed by atoms with Gasteiger partial charge in [0.1, 0.15) is 12.4 Å². The molecule has 3 nitrogen and oxygen atoms in total. The van der Waals surface area contributed by atoms with Crippen molar-refractivity contribution in [3.05, 3.63) is 65.0 Å². The molecule has 0 atom stereocenters. The van der Waals surface area contributed by atoms with E-state index in [2.05, 4.69) is 48.7 Å². The lowest BCUT2D eigenvalue weighted by Gasteiger charge is -2.15. The summed E-state index contributed by atoms with van der Waals surface area (Å²) in [7, 11) is 0. The highest BCUT2D eigenvalue weighted by atomic mass is 32.1. The van der Waals surface area contributed by atoms with Crippen LogP contribution < -0.4 is 15.5 Å². The fraction of sp³-hybridized carbons (Fsp3) is 0.350. The van der Waals surface area contributed by atoms with Crippen LogP contribution in [-0.4, -0.2) is 18.2 Å². The lowest BCUT2D eigenvalue weighted by Crippen LogP contribution is -3.10. The summed E-state index contributed by atoms with van der Waals surface area (Å²) in [4.78, 5) is 1.57. The Labute approximate surface area is 155 Å². The number of rotatable bonds is 7. The van der Waals surface area contributed by atoms with E-state index in [-0.39, 0.29) is 5.82 Å². The second kappa shape index (κ2) is 9.49. The van der Waals surface area contributed by atoms with Crippen molar-refractivity contribution in [1.29, 1.82) is 0 Å². The van der Waals surface area contributed by atoms with Crippen LogP contribution in [0.3, 0.4) is 0 Å². The van der Waals surface area contributed by atoms with E-state index >= 15 is 0 Å². The average Bonchev–Trinajstić information content (AvgIpc) is 2.62. The van der Waals surface area contributed by atoms with Crippen LogP contribution in [0.25, 0.3) is 0 Å². The van der Waals surface area contributed by atoms with Gasteiger partial charge in [-0.05, 0) is 56.2 Å². The molecular formula is C20H27FN3S+. The van der Waals surface area contributed by atoms with Crippen LogP contribution in [0.2, 0.25) is 0 Å². The summed E-state index contributed by atoms with van der Waals surface area (Å²) in [6.45, 7) is 10.1. The zero-order valence-electron chi connectivity index (χ0n) is 15.2. The molecule has 0 bridgehead atoms. The lowest BCUT2D eigenvalue weighted by atomic mass is 10.1. The predicted octanol–water partition coefficient (Wildman–Crippen LogP) is 3.05. The Bertz CT molecular complexity index is 697. The Hall–Kier alpha value is -1.98. The predicted molar refractivity (Wildman–Crippen MR) is 106 cm³/mol. The molecule has 0 aliphatic rings. The summed E-state index contributed by atoms with van der Waals surface area (Å²) in [5.41, 5.74) is 3.78. The highest BCUT2D eigenvalue weighted by molar-refractivity contribution is 7.80. The average molecular weight is 361 g/mol. The smallest absolute Gasteiger partial charge is 0.171 e. The summed E-state index contributed by atoms with van der Waals surface area (Å²) < 4.78 is 13.6. The van der Waals surface area contributed by atoms with Crippen molar-refractivity contribution in [3.63, 3.8) is 0 Å². The number of quaternary nitrogens is 1. The monoisotopic (exact) mass is 360 g/mol. The first kappa shape index (κ1) is 19.3. The van der Waals surface area contributed by atoms with E-state index in [0.29, 0.717) is 22.9 Å². The van der Waals surface area contributed by atoms with Crippen LogP contribution in [0.4, 0.5) is 10.1 Å². The maximum absolute atomic E-state index is 13.6. The number of hydrogen-bond donors (Lipinski definition) is 3. The Kier molecular flexibility index (Phi) is 7.34. The maximum atomic E-state index is 13.6. The third kappa shape index (κ3) is 6.11. The highest BCUT2D eigenvalue weighted by Gasteiger charge is 2.05. The van der Waals surface area contributed by atoms with E-state index in [1.165, 1.54) is 11.6 Å². The first-order valence-corrected chi connectivity index (χ1v) is 9.15. The highest BCUT2D eigenvalue weighted by Crippen LogP contribution is 2.13. The molecule has 0 saturated heterocycles. The van der Waals surface area contributed by atoms with Crippen LogP contribution in [0.1, 0.15) is 30.5 Å². The van der Waals surface area contributed by atoms with Gasteiger partial charge < -0.3 is 15.5 Å². The molecule has 134 valence electrons. The number of thiocarbonyl (C=S) groups is 1. The first-order valence-electron chi connectivity index (χ1n) is 8.74. The first-order chi connectivity index (χ1) is 12.0. The molecule has 25 heavy (non-hydrogen) atoms. The van der Waals surface area contributed by atoms with Crippen LogP contribution in [0.15, 0.2) is 42.5 Å². The Morgan fingerprint density at radius 1 is 1.04 bits per heavy atom. The van der Waals surface area contributed by atoms with Gasteiger partial charge in [0.25, 0.3) is 0 Å². The topological polar surface area (TPSA) is 28.5 Å². The van der Waals surface area contributed by atoms with E-state index in [4.69, 9.17) is 12.2 Å². The van der Waals surface area contributed by atoms with Gasteiger partial charge in [-0.15, -0.1) is 0 Å². The number of nitrogens with one attached hydrogen (secondary N) is 3. The number of halogens is 1. The van der Waals surface area contributed by atoms with Gasteiger partial charge in [-0.3, -0.25) is 0 Å². The summed E-state index contributed by atoms with van der Waals surface area (Å²) in [6.07, 6.45) is 0. The summed E-state index contributed by atoms with van der Waals surface area (Å²) in [5, 5.41) is 6.65. The molecule has 2 aromatic carbocycles. The second-order valence-corrected chi connectivity index (χ2v) is 6.63. The molecule has 0 radical (unpaired) electrons. The van der Waals surface area contributed by atoms with Crippen molar-refractivity contribution in [2.45, 2.75) is 33.9 Å². The molecule has 3 N–H and O–H groups in total. The van der Waals surface area contributed by atoms with E-state index < -0.39 is 0 Å². The third-order valence-electron chi connectivity index (χ3n) is 4.36. The molecule has 0 fully saturated rings. The van der Waals surface area contributed by atoms with Crippen molar-refractivity contribution in [2.75, 3.05) is 18.4 Å². The summed E-state index contributed by atoms with van der Waals surface area (Å²) in [6, 6.07) is 13.6. The Morgan fingerprint density at radius 2 is 1.68 bits per heavy atom. The molecule has 0 aliphatic heterocycles. The Balaban J connectivity index is 1.84. The Morgan fingerprint density at radius 3 is 2.28 bits per heavy atom. The van der Waals surface area contributed by atoms with Gasteiger partial charge in [-0.2, -0.15) is 0 Å². The maximum Gasteiger partial charge on any atom is 0.171 e. The number of aryl methyl sites for hydroxylation is 1. The number of benzene rings is 2. The molecule has 0 unspecified atom stereocenters. The zero-order chi connectivity index (χ0) is 18.2. The zero-order valence-corrected chi connectivity index (χ0v) is 16.0. The number of anilines is 1. The van der Waals surface area contributed by atoms with Gasteiger partial charge in [0.2, 0.25) is 0 Å². The quantitative estimate of drug-likeness (QED) is 0.663. The molecule has 2 rings (SSSR count). The van der Waals surface area contributed by atoms with E-state index in [9.17, 15) is 4.39 Å².